The van der Waals surface area contributed by atoms with Gasteiger partial charge in [-0.2, -0.15) is 0 Å². The number of ether oxygens (including phenoxy) is 1. The van der Waals surface area contributed by atoms with Crippen molar-refractivity contribution in [3.63, 3.8) is 0 Å². The Kier molecular flexibility index (Phi) is 4.06. The summed E-state index contributed by atoms with van der Waals surface area (Å²) in [4.78, 5) is 0. The number of benzene rings is 1. The summed E-state index contributed by atoms with van der Waals surface area (Å²) >= 11 is 0. The molecule has 0 unspecified atom stereocenters. The van der Waals surface area contributed by atoms with Crippen LogP contribution >= 0.6 is 0 Å². The summed E-state index contributed by atoms with van der Waals surface area (Å²) in [6.07, 6.45) is 5.50. The molecule has 0 atom stereocenters. The third-order valence-corrected chi connectivity index (χ3v) is 3.70. The van der Waals surface area contributed by atoms with E-state index in [0.717, 1.165) is 18.8 Å². The predicted octanol–water partition coefficient (Wildman–Crippen LogP) is 3.37. The molecule has 1 N–H and O–H groups in total. The zero-order valence-corrected chi connectivity index (χ0v) is 11.0. The van der Waals surface area contributed by atoms with Gasteiger partial charge in [0.15, 0.2) is 0 Å². The van der Waals surface area contributed by atoms with E-state index < -0.39 is 0 Å². The highest BCUT2D eigenvalue weighted by Crippen LogP contribution is 2.48. The van der Waals surface area contributed by atoms with Gasteiger partial charge < -0.3 is 10.1 Å². The molecular weight excluding hydrogens is 210 g/mol. The minimum atomic E-state index is 0.633. The van der Waals surface area contributed by atoms with E-state index >= 15 is 0 Å². The van der Waals surface area contributed by atoms with Crippen molar-refractivity contribution in [3.8, 4) is 5.75 Å². The first-order valence-electron chi connectivity index (χ1n) is 6.62. The van der Waals surface area contributed by atoms with Gasteiger partial charge in [0.2, 0.25) is 0 Å². The van der Waals surface area contributed by atoms with Gasteiger partial charge in [-0.1, -0.05) is 25.5 Å². The molecule has 1 aliphatic carbocycles. The third-order valence-electron chi connectivity index (χ3n) is 3.70. The molecule has 0 radical (unpaired) electrons. The van der Waals surface area contributed by atoms with Gasteiger partial charge in [0, 0.05) is 13.1 Å². The van der Waals surface area contributed by atoms with E-state index in [2.05, 4.69) is 30.4 Å². The van der Waals surface area contributed by atoms with Crippen molar-refractivity contribution < 1.29 is 4.74 Å². The quantitative estimate of drug-likeness (QED) is 0.779. The van der Waals surface area contributed by atoms with Crippen LogP contribution in [0.1, 0.15) is 38.2 Å². The van der Waals surface area contributed by atoms with Crippen molar-refractivity contribution in [3.05, 3.63) is 29.8 Å². The second-order valence-electron chi connectivity index (χ2n) is 5.21. The summed E-state index contributed by atoms with van der Waals surface area (Å²) < 4.78 is 5.23. The lowest BCUT2D eigenvalue weighted by Crippen LogP contribution is -2.23. The van der Waals surface area contributed by atoms with Crippen LogP contribution in [0.4, 0.5) is 0 Å². The number of rotatable bonds is 7. The Hall–Kier alpha value is -1.02. The van der Waals surface area contributed by atoms with Gasteiger partial charge in [-0.15, -0.1) is 0 Å². The van der Waals surface area contributed by atoms with E-state index in [0.29, 0.717) is 5.41 Å². The lowest BCUT2D eigenvalue weighted by molar-refractivity contribution is 0.411. The molecule has 0 amide bonds. The maximum atomic E-state index is 5.23. The van der Waals surface area contributed by atoms with E-state index in [1.165, 1.54) is 31.2 Å². The first-order chi connectivity index (χ1) is 8.28. The molecule has 0 bridgehead atoms. The number of hydrogen-bond acceptors (Lipinski definition) is 2. The maximum absolute atomic E-state index is 5.23. The number of methoxy groups -OCH3 is 1. The molecule has 1 aromatic carbocycles. The summed E-state index contributed by atoms with van der Waals surface area (Å²) in [5.41, 5.74) is 1.94. The van der Waals surface area contributed by atoms with E-state index in [1.807, 2.05) is 6.07 Å². The third kappa shape index (κ3) is 3.47. The van der Waals surface area contributed by atoms with Gasteiger partial charge >= 0.3 is 0 Å². The van der Waals surface area contributed by atoms with E-state index in [-0.39, 0.29) is 0 Å². The molecule has 17 heavy (non-hydrogen) atoms. The van der Waals surface area contributed by atoms with Crippen molar-refractivity contribution in [2.24, 2.45) is 5.41 Å². The van der Waals surface area contributed by atoms with Gasteiger partial charge in [0.05, 0.1) is 7.11 Å². The Morgan fingerprint density at radius 3 is 2.82 bits per heavy atom. The fourth-order valence-corrected chi connectivity index (χ4v) is 2.48. The summed E-state index contributed by atoms with van der Waals surface area (Å²) in [5.74, 6) is 0.944. The molecule has 0 spiro atoms. The molecule has 1 aliphatic rings. The second kappa shape index (κ2) is 5.54. The highest BCUT2D eigenvalue weighted by atomic mass is 16.5. The van der Waals surface area contributed by atoms with Crippen LogP contribution in [0.15, 0.2) is 24.3 Å². The van der Waals surface area contributed by atoms with Gasteiger partial charge in [0.1, 0.15) is 5.75 Å². The van der Waals surface area contributed by atoms with Crippen molar-refractivity contribution in [1.29, 1.82) is 0 Å². The molecule has 0 aliphatic heterocycles. The van der Waals surface area contributed by atoms with Crippen LogP contribution in [0.5, 0.6) is 5.75 Å². The van der Waals surface area contributed by atoms with Crippen molar-refractivity contribution in [2.75, 3.05) is 13.7 Å². The fraction of sp³-hybridized carbons (Fsp3) is 0.600. The molecule has 1 fully saturated rings. The number of hydrogen-bond donors (Lipinski definition) is 1. The average Bonchev–Trinajstić information content (AvgIpc) is 3.10. The zero-order valence-electron chi connectivity index (χ0n) is 11.0. The topological polar surface area (TPSA) is 21.3 Å². The molecule has 2 nitrogen and oxygen atoms in total. The highest BCUT2D eigenvalue weighted by Gasteiger charge is 2.40. The van der Waals surface area contributed by atoms with Crippen molar-refractivity contribution >= 4 is 0 Å². The monoisotopic (exact) mass is 233 g/mol. The van der Waals surface area contributed by atoms with E-state index in [4.69, 9.17) is 4.74 Å². The Morgan fingerprint density at radius 2 is 2.18 bits per heavy atom. The molecular formula is C15H23NO. The van der Waals surface area contributed by atoms with Gasteiger partial charge in [-0.3, -0.25) is 0 Å². The van der Waals surface area contributed by atoms with Crippen LogP contribution in [0.25, 0.3) is 0 Å². The molecule has 1 saturated carbocycles. The molecule has 0 heterocycles. The highest BCUT2D eigenvalue weighted by molar-refractivity contribution is 5.28. The maximum Gasteiger partial charge on any atom is 0.119 e. The van der Waals surface area contributed by atoms with Crippen LogP contribution < -0.4 is 10.1 Å². The molecule has 1 aromatic rings. The van der Waals surface area contributed by atoms with Gasteiger partial charge in [0.25, 0.3) is 0 Å². The Morgan fingerprint density at radius 1 is 1.35 bits per heavy atom. The normalized spacial score (nSPS) is 16.8. The first-order valence-corrected chi connectivity index (χ1v) is 6.62. The minimum absolute atomic E-state index is 0.633. The minimum Gasteiger partial charge on any atom is -0.497 e. The molecule has 0 saturated heterocycles. The first kappa shape index (κ1) is 12.4. The standard InChI is InChI=1S/C15H23NO/c1-3-7-15(8-9-15)12-16-11-13-5-4-6-14(10-13)17-2/h4-6,10,16H,3,7-9,11-12H2,1-2H3. The Balaban J connectivity index is 1.78. The van der Waals surface area contributed by atoms with Gasteiger partial charge in [-0.05, 0) is 42.4 Å². The van der Waals surface area contributed by atoms with Crippen LogP contribution in [0.2, 0.25) is 0 Å². The molecule has 2 rings (SSSR count). The van der Waals surface area contributed by atoms with E-state index in [9.17, 15) is 0 Å². The summed E-state index contributed by atoms with van der Waals surface area (Å²) in [7, 11) is 1.72. The van der Waals surface area contributed by atoms with Crippen LogP contribution in [-0.2, 0) is 6.54 Å². The number of nitrogens with one attached hydrogen (secondary N) is 1. The smallest absolute Gasteiger partial charge is 0.119 e. The fourth-order valence-electron chi connectivity index (χ4n) is 2.48. The Bertz CT molecular complexity index is 358. The van der Waals surface area contributed by atoms with E-state index in [1.54, 1.807) is 7.11 Å². The van der Waals surface area contributed by atoms with Crippen LogP contribution in [-0.4, -0.2) is 13.7 Å². The van der Waals surface area contributed by atoms with Crippen LogP contribution in [0.3, 0.4) is 0 Å². The summed E-state index contributed by atoms with van der Waals surface area (Å²) in [6.45, 7) is 4.39. The SMILES string of the molecule is CCCC1(CNCc2cccc(OC)c2)CC1. The van der Waals surface area contributed by atoms with Gasteiger partial charge in [-0.25, -0.2) is 0 Å². The summed E-state index contributed by atoms with van der Waals surface area (Å²) in [5, 5.41) is 3.59. The lowest BCUT2D eigenvalue weighted by Gasteiger charge is -2.15. The summed E-state index contributed by atoms with van der Waals surface area (Å²) in [6, 6.07) is 8.29. The predicted molar refractivity (Wildman–Crippen MR) is 71.3 cm³/mol. The van der Waals surface area contributed by atoms with Crippen molar-refractivity contribution in [1.82, 2.24) is 5.32 Å². The second-order valence-corrected chi connectivity index (χ2v) is 5.21. The van der Waals surface area contributed by atoms with Crippen LogP contribution in [0, 0.1) is 5.41 Å². The zero-order chi connectivity index (χ0) is 12.1. The average molecular weight is 233 g/mol. The largest absolute Gasteiger partial charge is 0.497 e. The molecule has 0 aromatic heterocycles. The molecule has 94 valence electrons. The lowest BCUT2D eigenvalue weighted by atomic mass is 10.0. The van der Waals surface area contributed by atoms with Crippen molar-refractivity contribution in [2.45, 2.75) is 39.2 Å². The Labute approximate surface area is 104 Å². The molecule has 2 heteroatoms.